The third-order valence-electron chi connectivity index (χ3n) is 14.4. The first-order valence-corrected chi connectivity index (χ1v) is 20.7. The van der Waals surface area contributed by atoms with Crippen molar-refractivity contribution in [2.45, 2.75) is 73.5 Å². The quantitative estimate of drug-likeness (QED) is 0.101. The molecule has 2 spiro atoms. The lowest BCUT2D eigenvalue weighted by atomic mass is 9.68. The van der Waals surface area contributed by atoms with E-state index in [9.17, 15) is 24.9 Å². The summed E-state index contributed by atoms with van der Waals surface area (Å²) in [6.45, 7) is 1.18. The second-order valence-corrected chi connectivity index (χ2v) is 16.9. The van der Waals surface area contributed by atoms with Gasteiger partial charge < -0.3 is 35.4 Å². The van der Waals surface area contributed by atoms with Gasteiger partial charge in [0.1, 0.15) is 16.8 Å². The van der Waals surface area contributed by atoms with Crippen LogP contribution in [0.25, 0.3) is 0 Å². The van der Waals surface area contributed by atoms with Crippen molar-refractivity contribution in [3.8, 4) is 23.0 Å². The topological polar surface area (TPSA) is 161 Å². The Morgan fingerprint density at radius 3 is 1.97 bits per heavy atom. The Balaban J connectivity index is 1.18. The number of phenols is 2. The summed E-state index contributed by atoms with van der Waals surface area (Å²) in [6, 6.07) is 24.9. The SMILES string of the molecule is COc1ccc(C2C3CCCCN3C3(C(=O)Nc4ccccc43)C2C(=O)C=C(O)C2C3CCCCN3C3(C(=O)Nc4ccccc43)C2c2ccc(O)c(OC)c2)cc1O. The molecule has 0 bridgehead atoms. The summed E-state index contributed by atoms with van der Waals surface area (Å²) in [6.07, 6.45) is 6.22. The number of ketones is 1. The molecule has 59 heavy (non-hydrogen) atoms. The number of para-hydroxylation sites is 2. The lowest BCUT2D eigenvalue weighted by molar-refractivity contribution is -0.135. The number of aliphatic hydroxyl groups excluding tert-OH is 1. The van der Waals surface area contributed by atoms with Gasteiger partial charge in [-0.25, -0.2) is 0 Å². The highest BCUT2D eigenvalue weighted by Gasteiger charge is 2.70. The number of ether oxygens (including phenoxy) is 2. The average molecular weight is 797 g/mol. The minimum atomic E-state index is -1.39. The maximum Gasteiger partial charge on any atom is 0.250 e. The second kappa shape index (κ2) is 13.9. The van der Waals surface area contributed by atoms with Crippen LogP contribution in [0.3, 0.4) is 0 Å². The first kappa shape index (κ1) is 37.4. The smallest absolute Gasteiger partial charge is 0.250 e. The van der Waals surface area contributed by atoms with E-state index in [4.69, 9.17) is 9.47 Å². The van der Waals surface area contributed by atoms with Crippen LogP contribution in [-0.4, -0.2) is 82.1 Å². The van der Waals surface area contributed by atoms with Crippen molar-refractivity contribution in [3.05, 3.63) is 119 Å². The largest absolute Gasteiger partial charge is 0.512 e. The Morgan fingerprint density at radius 2 is 1.31 bits per heavy atom. The molecule has 4 fully saturated rings. The first-order chi connectivity index (χ1) is 28.7. The fourth-order valence-corrected chi connectivity index (χ4v) is 12.3. The highest BCUT2D eigenvalue weighted by molar-refractivity contribution is 6.11. The van der Waals surface area contributed by atoms with Crippen molar-refractivity contribution in [2.75, 3.05) is 37.9 Å². The van der Waals surface area contributed by atoms with Gasteiger partial charge in [0.05, 0.1) is 20.1 Å². The normalized spacial score (nSPS) is 31.1. The van der Waals surface area contributed by atoms with Gasteiger partial charge in [0.15, 0.2) is 28.8 Å². The molecular weight excluding hydrogens is 749 g/mol. The number of aliphatic hydroxyl groups is 1. The minimum Gasteiger partial charge on any atom is -0.512 e. The predicted molar refractivity (Wildman–Crippen MR) is 220 cm³/mol. The van der Waals surface area contributed by atoms with Crippen LogP contribution in [0.1, 0.15) is 72.6 Å². The Morgan fingerprint density at radius 1 is 0.712 bits per heavy atom. The van der Waals surface area contributed by atoms with Crippen LogP contribution in [0.2, 0.25) is 0 Å². The molecule has 0 radical (unpaired) electrons. The molecule has 4 aromatic carbocycles. The maximum atomic E-state index is 15.7. The summed E-state index contributed by atoms with van der Waals surface area (Å²) in [5.74, 6) is -3.65. The number of nitrogens with one attached hydrogen (secondary N) is 2. The highest BCUT2D eigenvalue weighted by Crippen LogP contribution is 2.64. The van der Waals surface area contributed by atoms with E-state index in [0.29, 0.717) is 47.8 Å². The molecule has 12 nitrogen and oxygen atoms in total. The summed E-state index contributed by atoms with van der Waals surface area (Å²) in [7, 11) is 2.96. The van der Waals surface area contributed by atoms with Crippen LogP contribution in [-0.2, 0) is 25.5 Å². The van der Waals surface area contributed by atoms with Gasteiger partial charge in [0.25, 0.3) is 0 Å². The minimum absolute atomic E-state index is 0.0579. The molecule has 4 saturated heterocycles. The van der Waals surface area contributed by atoms with E-state index < -0.39 is 40.5 Å². The van der Waals surface area contributed by atoms with E-state index in [2.05, 4.69) is 20.4 Å². The Hall–Kier alpha value is -5.85. The summed E-state index contributed by atoms with van der Waals surface area (Å²) in [4.78, 5) is 49.7. The Kier molecular flexibility index (Phi) is 8.80. The molecule has 6 aliphatic rings. The standard InChI is InChI=1S/C47H48N4O8/c1-58-38-20-18-26(23-35(38)53)40-32-15-7-9-21-50(32)47(29-12-4-6-14-31(29)49-45(47)57)43(40)37(55)25-36(54)41-33-16-8-10-22-51(33)46(28-11-3-5-13-30(28)48-44(46)56)42(41)27-17-19-34(52)39(24-27)59-2/h3-6,11-14,17-20,23-25,32-33,40-43,52-54H,7-10,15-16,21-22H2,1-2H3,(H,48,56)(H,49,57). The van der Waals surface area contributed by atoms with Gasteiger partial charge in [0.2, 0.25) is 11.8 Å². The van der Waals surface area contributed by atoms with E-state index >= 15 is 4.79 Å². The van der Waals surface area contributed by atoms with E-state index in [1.54, 1.807) is 30.3 Å². The average Bonchev–Trinajstić information content (AvgIpc) is 3.94. The number of anilines is 2. The number of fused-ring (bicyclic) bond motifs is 8. The zero-order valence-electron chi connectivity index (χ0n) is 33.1. The van der Waals surface area contributed by atoms with E-state index in [0.717, 1.165) is 43.2 Å². The lowest BCUT2D eigenvalue weighted by Crippen LogP contribution is -2.55. The molecule has 4 aromatic rings. The molecule has 2 amide bonds. The van der Waals surface area contributed by atoms with Gasteiger partial charge >= 0.3 is 0 Å². The number of phenolic OH excluding ortho intramolecular Hbond substituents is 2. The fraction of sp³-hybridized carbons (Fsp3) is 0.383. The number of rotatable bonds is 7. The number of nitrogens with zero attached hydrogens (tertiary/aromatic N) is 2. The van der Waals surface area contributed by atoms with Crippen molar-refractivity contribution in [2.24, 2.45) is 11.8 Å². The molecule has 0 aromatic heterocycles. The highest BCUT2D eigenvalue weighted by atomic mass is 16.5. The molecule has 0 aliphatic carbocycles. The number of benzene rings is 4. The molecule has 8 atom stereocenters. The number of hydrogen-bond donors (Lipinski definition) is 5. The van der Waals surface area contributed by atoms with Crippen molar-refractivity contribution in [3.63, 3.8) is 0 Å². The van der Waals surface area contributed by atoms with Gasteiger partial charge in [-0.15, -0.1) is 0 Å². The summed E-state index contributed by atoms with van der Waals surface area (Å²) < 4.78 is 11.0. The number of hydrogen-bond acceptors (Lipinski definition) is 10. The molecule has 8 unspecified atom stereocenters. The van der Waals surface area contributed by atoms with Gasteiger partial charge in [-0.1, -0.05) is 61.4 Å². The summed E-state index contributed by atoms with van der Waals surface area (Å²) in [5.41, 5.74) is 1.58. The third kappa shape index (κ3) is 5.11. The molecule has 5 N–H and O–H groups in total. The van der Waals surface area contributed by atoms with Crippen molar-refractivity contribution >= 4 is 29.0 Å². The Labute approximate surface area is 342 Å². The number of allylic oxidation sites excluding steroid dienone is 1. The van der Waals surface area contributed by atoms with Crippen molar-refractivity contribution in [1.29, 1.82) is 0 Å². The monoisotopic (exact) mass is 796 g/mol. The number of aromatic hydroxyl groups is 2. The zero-order valence-corrected chi connectivity index (χ0v) is 33.1. The number of amides is 2. The van der Waals surface area contributed by atoms with Crippen LogP contribution in [0.5, 0.6) is 23.0 Å². The van der Waals surface area contributed by atoms with Crippen LogP contribution in [0.4, 0.5) is 11.4 Å². The van der Waals surface area contributed by atoms with Crippen LogP contribution >= 0.6 is 0 Å². The molecule has 304 valence electrons. The summed E-state index contributed by atoms with van der Waals surface area (Å²) >= 11 is 0. The summed E-state index contributed by atoms with van der Waals surface area (Å²) in [5, 5.41) is 41.0. The van der Waals surface area contributed by atoms with E-state index in [1.807, 2.05) is 54.6 Å². The maximum absolute atomic E-state index is 15.7. The van der Waals surface area contributed by atoms with Gasteiger partial charge in [0, 0.05) is 58.4 Å². The molecule has 0 saturated carbocycles. The lowest BCUT2D eigenvalue weighted by Gasteiger charge is -2.41. The van der Waals surface area contributed by atoms with Gasteiger partial charge in [-0.05, 0) is 86.3 Å². The van der Waals surface area contributed by atoms with Gasteiger partial charge in [-0.3, -0.25) is 24.2 Å². The first-order valence-electron chi connectivity index (χ1n) is 20.7. The van der Waals surface area contributed by atoms with Gasteiger partial charge in [-0.2, -0.15) is 0 Å². The number of carbonyl (C=O) groups is 3. The Bertz CT molecular complexity index is 2430. The second-order valence-electron chi connectivity index (χ2n) is 16.9. The molecule has 6 aliphatic heterocycles. The van der Waals surface area contributed by atoms with Crippen molar-refractivity contribution < 1.29 is 39.2 Å². The number of carbonyl (C=O) groups excluding carboxylic acids is 3. The fourth-order valence-electron chi connectivity index (χ4n) is 12.3. The van der Waals surface area contributed by atoms with Crippen LogP contribution < -0.4 is 20.1 Å². The molecular formula is C47H48N4O8. The predicted octanol–water partition coefficient (Wildman–Crippen LogP) is 6.66. The van der Waals surface area contributed by atoms with Crippen LogP contribution in [0.15, 0.2) is 96.8 Å². The number of methoxy groups -OCH3 is 2. The molecule has 12 heteroatoms. The zero-order chi connectivity index (χ0) is 40.8. The molecule has 6 heterocycles. The third-order valence-corrected chi connectivity index (χ3v) is 14.4. The number of piperidine rings is 2. The van der Waals surface area contributed by atoms with E-state index in [1.165, 1.54) is 20.3 Å². The van der Waals surface area contributed by atoms with Crippen LogP contribution in [0, 0.1) is 11.8 Å². The van der Waals surface area contributed by atoms with Crippen molar-refractivity contribution in [1.82, 2.24) is 9.80 Å². The molecule has 10 rings (SSSR count). The van der Waals surface area contributed by atoms with E-state index in [-0.39, 0.29) is 46.9 Å².